The van der Waals surface area contributed by atoms with Crippen molar-refractivity contribution in [2.75, 3.05) is 13.2 Å². The van der Waals surface area contributed by atoms with Crippen molar-refractivity contribution in [1.82, 2.24) is 25.3 Å². The van der Waals surface area contributed by atoms with E-state index in [0.29, 0.717) is 0 Å². The Labute approximate surface area is 79.0 Å². The molecule has 1 saturated heterocycles. The van der Waals surface area contributed by atoms with Crippen LogP contribution in [0.1, 0.15) is 0 Å². The van der Waals surface area contributed by atoms with Crippen LogP contribution in [0.15, 0.2) is 6.33 Å². The third kappa shape index (κ3) is 1.86. The molecule has 0 aliphatic carbocycles. The zero-order valence-electron chi connectivity index (χ0n) is 7.28. The molecule has 0 bridgehead atoms. The van der Waals surface area contributed by atoms with Gasteiger partial charge in [-0.3, -0.25) is 9.63 Å². The summed E-state index contributed by atoms with van der Waals surface area (Å²) in [5.74, 6) is -0.283. The van der Waals surface area contributed by atoms with Crippen LogP contribution in [0.5, 0.6) is 0 Å². The van der Waals surface area contributed by atoms with Gasteiger partial charge in [0.05, 0.1) is 12.6 Å². The summed E-state index contributed by atoms with van der Waals surface area (Å²) in [7, 11) is 0. The van der Waals surface area contributed by atoms with Crippen LogP contribution in [-0.2, 0) is 16.2 Å². The topological polar surface area (TPSA) is 93.4 Å². The summed E-state index contributed by atoms with van der Waals surface area (Å²) >= 11 is 0. The van der Waals surface area contributed by atoms with Gasteiger partial charge in [-0.05, 0) is 10.4 Å². The van der Waals surface area contributed by atoms with Crippen LogP contribution in [0.25, 0.3) is 0 Å². The Kier molecular flexibility index (Phi) is 2.37. The van der Waals surface area contributed by atoms with Crippen molar-refractivity contribution in [3.05, 3.63) is 6.33 Å². The molecule has 0 unspecified atom stereocenters. The van der Waals surface area contributed by atoms with E-state index in [9.17, 15) is 4.79 Å². The Bertz CT molecular complexity index is 313. The predicted molar refractivity (Wildman–Crippen MR) is 41.5 cm³/mol. The second-order valence-electron chi connectivity index (χ2n) is 2.91. The van der Waals surface area contributed by atoms with Crippen LogP contribution in [0.4, 0.5) is 0 Å². The number of nitrogens with zero attached hydrogens (tertiary/aromatic N) is 5. The minimum absolute atomic E-state index is 0.0136. The van der Waals surface area contributed by atoms with E-state index in [0.717, 1.165) is 5.06 Å². The first-order chi connectivity index (χ1) is 6.75. The lowest BCUT2D eigenvalue weighted by atomic mass is 10.4. The first kappa shape index (κ1) is 9.03. The fourth-order valence-corrected chi connectivity index (χ4v) is 1.12. The van der Waals surface area contributed by atoms with Crippen LogP contribution in [-0.4, -0.2) is 55.5 Å². The van der Waals surface area contributed by atoms with E-state index in [1.807, 2.05) is 0 Å². The molecule has 1 aliphatic rings. The molecule has 14 heavy (non-hydrogen) atoms. The molecule has 8 heteroatoms. The van der Waals surface area contributed by atoms with E-state index in [-0.39, 0.29) is 25.6 Å². The van der Waals surface area contributed by atoms with E-state index in [1.165, 1.54) is 11.0 Å². The van der Waals surface area contributed by atoms with Gasteiger partial charge >= 0.3 is 0 Å². The summed E-state index contributed by atoms with van der Waals surface area (Å²) in [5, 5.41) is 20.5. The monoisotopic (exact) mass is 199 g/mol. The second kappa shape index (κ2) is 3.68. The van der Waals surface area contributed by atoms with E-state index in [1.54, 1.807) is 0 Å². The van der Waals surface area contributed by atoms with E-state index in [2.05, 4.69) is 15.5 Å². The van der Waals surface area contributed by atoms with Gasteiger partial charge in [0.1, 0.15) is 19.5 Å². The molecule has 1 N–H and O–H groups in total. The van der Waals surface area contributed by atoms with Crippen molar-refractivity contribution in [1.29, 1.82) is 0 Å². The number of carbonyl (C=O) groups is 1. The smallest absolute Gasteiger partial charge is 0.268 e. The fourth-order valence-electron chi connectivity index (χ4n) is 1.12. The number of amides is 1. The third-order valence-corrected chi connectivity index (χ3v) is 1.77. The molecule has 1 amide bonds. The highest BCUT2D eigenvalue weighted by molar-refractivity contribution is 5.74. The van der Waals surface area contributed by atoms with Crippen molar-refractivity contribution >= 4 is 5.91 Å². The van der Waals surface area contributed by atoms with Gasteiger partial charge in [0, 0.05) is 0 Å². The molecule has 1 atom stereocenters. The molecule has 1 aromatic rings. The number of hydrogen-bond donors (Lipinski definition) is 1. The van der Waals surface area contributed by atoms with Crippen LogP contribution >= 0.6 is 0 Å². The maximum Gasteiger partial charge on any atom is 0.268 e. The standard InChI is InChI=1S/C6H9N5O3/c12-5-1-11(14-3-5)6(13)2-10-4-7-8-9-10/h4-5,12H,1-3H2/t5-/m1/s1. The van der Waals surface area contributed by atoms with Crippen LogP contribution in [0, 0.1) is 0 Å². The number of tetrazole rings is 1. The maximum absolute atomic E-state index is 11.4. The largest absolute Gasteiger partial charge is 0.389 e. The summed E-state index contributed by atoms with van der Waals surface area (Å²) in [6, 6.07) is 0. The van der Waals surface area contributed by atoms with Crippen LogP contribution < -0.4 is 0 Å². The number of hydrogen-bond acceptors (Lipinski definition) is 6. The van der Waals surface area contributed by atoms with Gasteiger partial charge in [-0.15, -0.1) is 5.10 Å². The van der Waals surface area contributed by atoms with Crippen LogP contribution in [0.3, 0.4) is 0 Å². The van der Waals surface area contributed by atoms with Gasteiger partial charge in [0.25, 0.3) is 5.91 Å². The molecule has 1 fully saturated rings. The number of rotatable bonds is 2. The van der Waals surface area contributed by atoms with Gasteiger partial charge in [-0.1, -0.05) is 0 Å². The number of aliphatic hydroxyl groups is 1. The predicted octanol–water partition coefficient (Wildman–Crippen LogP) is -2.19. The quantitative estimate of drug-likeness (QED) is 0.581. The Morgan fingerprint density at radius 3 is 3.14 bits per heavy atom. The van der Waals surface area contributed by atoms with Gasteiger partial charge in [-0.25, -0.2) is 9.75 Å². The molecule has 0 radical (unpaired) electrons. The Morgan fingerprint density at radius 1 is 1.71 bits per heavy atom. The first-order valence-electron chi connectivity index (χ1n) is 4.08. The zero-order valence-corrected chi connectivity index (χ0v) is 7.28. The lowest BCUT2D eigenvalue weighted by Gasteiger charge is -2.12. The molecule has 76 valence electrons. The van der Waals surface area contributed by atoms with E-state index in [4.69, 9.17) is 9.94 Å². The summed E-state index contributed by atoms with van der Waals surface area (Å²) in [5.41, 5.74) is 0. The summed E-state index contributed by atoms with van der Waals surface area (Å²) in [6.07, 6.45) is 0.734. The normalized spacial score (nSPS) is 21.5. The van der Waals surface area contributed by atoms with Crippen molar-refractivity contribution in [2.45, 2.75) is 12.6 Å². The molecule has 2 rings (SSSR count). The summed E-state index contributed by atoms with van der Waals surface area (Å²) in [4.78, 5) is 16.4. The maximum atomic E-state index is 11.4. The molecule has 8 nitrogen and oxygen atoms in total. The summed E-state index contributed by atoms with van der Waals surface area (Å²) in [6.45, 7) is 0.363. The summed E-state index contributed by atoms with van der Waals surface area (Å²) < 4.78 is 1.29. The lowest BCUT2D eigenvalue weighted by Crippen LogP contribution is -2.31. The molecule has 0 aromatic carbocycles. The molecular formula is C6H9N5O3. The molecule has 1 aromatic heterocycles. The number of β-amino-alcohol motifs (C(OH)–C–C–N with tert-alkyl or cyclic N) is 1. The molecule has 2 heterocycles. The average molecular weight is 199 g/mol. The highest BCUT2D eigenvalue weighted by atomic mass is 16.7. The zero-order chi connectivity index (χ0) is 9.97. The Balaban J connectivity index is 1.90. The first-order valence-corrected chi connectivity index (χ1v) is 4.08. The number of hydroxylamine groups is 2. The van der Waals surface area contributed by atoms with Crippen molar-refractivity contribution in [2.24, 2.45) is 0 Å². The number of carbonyl (C=O) groups excluding carboxylic acids is 1. The van der Waals surface area contributed by atoms with Crippen molar-refractivity contribution in [3.8, 4) is 0 Å². The minimum Gasteiger partial charge on any atom is -0.389 e. The average Bonchev–Trinajstić information content (AvgIpc) is 2.75. The highest BCUT2D eigenvalue weighted by Gasteiger charge is 2.26. The lowest BCUT2D eigenvalue weighted by molar-refractivity contribution is -0.169. The van der Waals surface area contributed by atoms with E-state index < -0.39 is 6.10 Å². The Morgan fingerprint density at radius 2 is 2.57 bits per heavy atom. The molecule has 0 spiro atoms. The van der Waals surface area contributed by atoms with Gasteiger partial charge in [0.2, 0.25) is 0 Å². The van der Waals surface area contributed by atoms with Crippen molar-refractivity contribution < 1.29 is 14.7 Å². The van der Waals surface area contributed by atoms with Gasteiger partial charge in [-0.2, -0.15) is 0 Å². The van der Waals surface area contributed by atoms with Gasteiger partial charge < -0.3 is 5.11 Å². The number of aliphatic hydroxyl groups excluding tert-OH is 1. The fraction of sp³-hybridized carbons (Fsp3) is 0.667. The molecular weight excluding hydrogens is 190 g/mol. The highest BCUT2D eigenvalue weighted by Crippen LogP contribution is 2.05. The van der Waals surface area contributed by atoms with E-state index >= 15 is 0 Å². The SMILES string of the molecule is O=C(Cn1cnnn1)N1C[C@@H](O)CO1. The minimum atomic E-state index is -0.604. The number of aromatic nitrogens is 4. The Hall–Kier alpha value is -1.54. The van der Waals surface area contributed by atoms with Crippen molar-refractivity contribution in [3.63, 3.8) is 0 Å². The second-order valence-corrected chi connectivity index (χ2v) is 2.91. The molecule has 0 saturated carbocycles. The third-order valence-electron chi connectivity index (χ3n) is 1.77. The van der Waals surface area contributed by atoms with Crippen LogP contribution in [0.2, 0.25) is 0 Å². The van der Waals surface area contributed by atoms with Gasteiger partial charge in [0.15, 0.2) is 0 Å². The molecule has 1 aliphatic heterocycles.